The fraction of sp³-hybridized carbons (Fsp3) is 0.500. The molecule has 1 N–H and O–H groups in total. The van der Waals surface area contributed by atoms with Crippen molar-refractivity contribution in [2.24, 2.45) is 0 Å². The number of rotatable bonds is 4. The van der Waals surface area contributed by atoms with Gasteiger partial charge < -0.3 is 10.2 Å². The Balaban J connectivity index is 3.01. The maximum Gasteiger partial charge on any atom is 0.433 e. The number of halogens is 3. The van der Waals surface area contributed by atoms with Crippen LogP contribution in [0, 0.1) is 11.3 Å². The number of alkyl halides is 3. The van der Waals surface area contributed by atoms with Gasteiger partial charge in [0.1, 0.15) is 17.6 Å². The van der Waals surface area contributed by atoms with E-state index in [-0.39, 0.29) is 17.4 Å². The van der Waals surface area contributed by atoms with Crippen LogP contribution in [0.15, 0.2) is 12.1 Å². The van der Waals surface area contributed by atoms with E-state index in [4.69, 9.17) is 5.26 Å². The van der Waals surface area contributed by atoms with Gasteiger partial charge in [0, 0.05) is 12.6 Å². The molecule has 1 heterocycles. The van der Waals surface area contributed by atoms with Gasteiger partial charge in [-0.05, 0) is 33.2 Å². The fourth-order valence-electron chi connectivity index (χ4n) is 1.64. The number of hydrogen-bond donors (Lipinski definition) is 1. The van der Waals surface area contributed by atoms with Crippen LogP contribution in [0.5, 0.6) is 0 Å². The molecule has 0 saturated carbocycles. The lowest BCUT2D eigenvalue weighted by molar-refractivity contribution is -0.141. The lowest BCUT2D eigenvalue weighted by Crippen LogP contribution is -2.30. The summed E-state index contributed by atoms with van der Waals surface area (Å²) >= 11 is 0. The van der Waals surface area contributed by atoms with Crippen molar-refractivity contribution in [1.82, 2.24) is 9.88 Å². The van der Waals surface area contributed by atoms with Crippen LogP contribution in [-0.4, -0.2) is 36.6 Å². The van der Waals surface area contributed by atoms with Gasteiger partial charge in [-0.2, -0.15) is 18.4 Å². The summed E-state index contributed by atoms with van der Waals surface area (Å²) in [5.41, 5.74) is -0.912. The second-order valence-electron chi connectivity index (χ2n) is 4.51. The Morgan fingerprint density at radius 1 is 1.42 bits per heavy atom. The van der Waals surface area contributed by atoms with Gasteiger partial charge in [-0.15, -0.1) is 0 Å². The van der Waals surface area contributed by atoms with Crippen LogP contribution in [0.25, 0.3) is 0 Å². The molecule has 0 aromatic carbocycles. The molecule has 0 bridgehead atoms. The van der Waals surface area contributed by atoms with E-state index >= 15 is 0 Å². The smallest absolute Gasteiger partial charge is 0.365 e. The van der Waals surface area contributed by atoms with Crippen LogP contribution in [0.2, 0.25) is 0 Å². The number of nitrogens with zero attached hydrogens (tertiary/aromatic N) is 3. The lowest BCUT2D eigenvalue weighted by Gasteiger charge is -2.20. The van der Waals surface area contributed by atoms with E-state index in [1.54, 1.807) is 0 Å². The molecule has 1 aromatic heterocycles. The fourth-order valence-corrected chi connectivity index (χ4v) is 1.64. The van der Waals surface area contributed by atoms with Crippen molar-refractivity contribution in [3.8, 4) is 6.07 Å². The minimum absolute atomic E-state index is 0.0355. The summed E-state index contributed by atoms with van der Waals surface area (Å²) in [6.07, 6.45) is -4.52. The third-order valence-electron chi connectivity index (χ3n) is 2.33. The number of aromatic nitrogens is 1. The molecule has 1 unspecified atom stereocenters. The minimum atomic E-state index is -4.52. The summed E-state index contributed by atoms with van der Waals surface area (Å²) in [6.45, 7) is 2.42. The third kappa shape index (κ3) is 4.41. The van der Waals surface area contributed by atoms with Crippen LogP contribution < -0.4 is 5.32 Å². The zero-order valence-corrected chi connectivity index (χ0v) is 10.9. The SMILES string of the molecule is CC(CN(C)C)Nc1nc(C(F)(F)F)ccc1C#N. The Morgan fingerprint density at radius 2 is 2.05 bits per heavy atom. The van der Waals surface area contributed by atoms with Crippen molar-refractivity contribution in [2.45, 2.75) is 19.1 Å². The van der Waals surface area contributed by atoms with Crippen molar-refractivity contribution in [1.29, 1.82) is 5.26 Å². The van der Waals surface area contributed by atoms with Gasteiger partial charge in [-0.1, -0.05) is 0 Å². The van der Waals surface area contributed by atoms with Gasteiger partial charge in [-0.25, -0.2) is 4.98 Å². The highest BCUT2D eigenvalue weighted by molar-refractivity contribution is 5.53. The summed E-state index contributed by atoms with van der Waals surface area (Å²) in [5.74, 6) is -0.0355. The lowest BCUT2D eigenvalue weighted by atomic mass is 10.2. The molecule has 1 aromatic rings. The number of likely N-dealkylation sites (N-methyl/N-ethyl adjacent to an activating group) is 1. The topological polar surface area (TPSA) is 52.0 Å². The standard InChI is InChI=1S/C12H15F3N4/c1-8(7-19(2)3)17-11-9(6-16)4-5-10(18-11)12(13,14)15/h4-5,8H,7H2,1-3H3,(H,17,18). The van der Waals surface area contributed by atoms with E-state index in [2.05, 4.69) is 10.3 Å². The molecule has 1 atom stereocenters. The van der Waals surface area contributed by atoms with Crippen molar-refractivity contribution >= 4 is 5.82 Å². The average molecular weight is 272 g/mol. The van der Waals surface area contributed by atoms with Crippen LogP contribution in [0.4, 0.5) is 19.0 Å². The first-order chi connectivity index (χ1) is 8.74. The quantitative estimate of drug-likeness (QED) is 0.914. The van der Waals surface area contributed by atoms with E-state index in [9.17, 15) is 13.2 Å². The molecule has 0 amide bonds. The van der Waals surface area contributed by atoms with E-state index in [1.807, 2.05) is 32.0 Å². The van der Waals surface area contributed by atoms with Gasteiger partial charge in [0.2, 0.25) is 0 Å². The number of anilines is 1. The Bertz CT molecular complexity index is 477. The maximum absolute atomic E-state index is 12.6. The molecule has 0 spiro atoms. The zero-order chi connectivity index (χ0) is 14.6. The molecular weight excluding hydrogens is 257 g/mol. The van der Waals surface area contributed by atoms with Crippen LogP contribution in [-0.2, 0) is 6.18 Å². The molecule has 19 heavy (non-hydrogen) atoms. The second-order valence-corrected chi connectivity index (χ2v) is 4.51. The van der Waals surface area contributed by atoms with E-state index in [0.29, 0.717) is 6.54 Å². The molecule has 7 heteroatoms. The first-order valence-electron chi connectivity index (χ1n) is 5.63. The molecule has 0 aliphatic heterocycles. The molecule has 4 nitrogen and oxygen atoms in total. The normalized spacial score (nSPS) is 13.2. The number of nitrogens with one attached hydrogen (secondary N) is 1. The summed E-state index contributed by atoms with van der Waals surface area (Å²) in [5, 5.41) is 11.7. The molecule has 0 radical (unpaired) electrons. The first-order valence-corrected chi connectivity index (χ1v) is 5.63. The van der Waals surface area contributed by atoms with Crippen molar-refractivity contribution < 1.29 is 13.2 Å². The van der Waals surface area contributed by atoms with Crippen molar-refractivity contribution in [3.63, 3.8) is 0 Å². The van der Waals surface area contributed by atoms with Crippen LogP contribution in [0.3, 0.4) is 0 Å². The Morgan fingerprint density at radius 3 is 2.53 bits per heavy atom. The summed E-state index contributed by atoms with van der Waals surface area (Å²) in [7, 11) is 3.70. The number of pyridine rings is 1. The first kappa shape index (κ1) is 15.2. The molecule has 0 aliphatic rings. The molecule has 104 valence electrons. The Labute approximate surface area is 109 Å². The van der Waals surface area contributed by atoms with Crippen molar-refractivity contribution in [2.75, 3.05) is 26.0 Å². The molecule has 0 saturated heterocycles. The number of hydrogen-bond acceptors (Lipinski definition) is 4. The predicted octanol–water partition coefficient (Wildman–Crippen LogP) is 2.33. The molecular formula is C12H15F3N4. The highest BCUT2D eigenvalue weighted by Gasteiger charge is 2.33. The largest absolute Gasteiger partial charge is 0.433 e. The van der Waals surface area contributed by atoms with Gasteiger partial charge in [0.25, 0.3) is 0 Å². The van der Waals surface area contributed by atoms with Crippen molar-refractivity contribution in [3.05, 3.63) is 23.4 Å². The second kappa shape index (κ2) is 5.89. The highest BCUT2D eigenvalue weighted by Crippen LogP contribution is 2.29. The zero-order valence-electron chi connectivity index (χ0n) is 10.9. The highest BCUT2D eigenvalue weighted by atomic mass is 19.4. The predicted molar refractivity (Wildman–Crippen MR) is 65.6 cm³/mol. The van der Waals surface area contributed by atoms with Gasteiger partial charge in [0.05, 0.1) is 5.56 Å². The Hall–Kier alpha value is -1.81. The van der Waals surface area contributed by atoms with Crippen LogP contribution >= 0.6 is 0 Å². The monoisotopic (exact) mass is 272 g/mol. The molecule has 1 rings (SSSR count). The van der Waals surface area contributed by atoms with Gasteiger partial charge in [-0.3, -0.25) is 0 Å². The van der Waals surface area contributed by atoms with E-state index in [1.165, 1.54) is 0 Å². The van der Waals surface area contributed by atoms with Gasteiger partial charge >= 0.3 is 6.18 Å². The third-order valence-corrected chi connectivity index (χ3v) is 2.33. The maximum atomic E-state index is 12.6. The van der Waals surface area contributed by atoms with E-state index < -0.39 is 11.9 Å². The van der Waals surface area contributed by atoms with Gasteiger partial charge in [0.15, 0.2) is 0 Å². The number of nitriles is 1. The average Bonchev–Trinajstić information content (AvgIpc) is 2.26. The summed E-state index contributed by atoms with van der Waals surface area (Å²) in [6, 6.07) is 3.63. The summed E-state index contributed by atoms with van der Waals surface area (Å²) in [4.78, 5) is 5.37. The minimum Gasteiger partial charge on any atom is -0.365 e. The van der Waals surface area contributed by atoms with E-state index in [0.717, 1.165) is 12.1 Å². The molecule has 0 fully saturated rings. The molecule has 0 aliphatic carbocycles. The summed E-state index contributed by atoms with van der Waals surface area (Å²) < 4.78 is 37.7. The van der Waals surface area contributed by atoms with Crippen LogP contribution in [0.1, 0.15) is 18.2 Å². The Kier molecular flexibility index (Phi) is 4.72.